The second-order valence-corrected chi connectivity index (χ2v) is 8.86. The summed E-state index contributed by atoms with van der Waals surface area (Å²) in [5, 5.41) is 0. The average molecular weight is 511 g/mol. The molecule has 0 saturated carbocycles. The second-order valence-electron chi connectivity index (χ2n) is 8.86. The van der Waals surface area contributed by atoms with E-state index >= 15 is 0 Å². The fraction of sp³-hybridized carbons (Fsp3) is 0.333. The Morgan fingerprint density at radius 3 is 1.58 bits per heavy atom. The molecule has 0 radical (unpaired) electrons. The molecule has 0 aliphatic carbocycles. The predicted octanol–water partition coefficient (Wildman–Crippen LogP) is 7.12. The molecule has 1 aliphatic heterocycles. The van der Waals surface area contributed by atoms with Crippen LogP contribution in [0.3, 0.4) is 0 Å². The van der Waals surface area contributed by atoms with Crippen LogP contribution >= 0.6 is 0 Å². The molecule has 0 bridgehead atoms. The van der Waals surface area contributed by atoms with Gasteiger partial charge in [0.1, 0.15) is 17.7 Å². The molecule has 192 valence electrons. The smallest absolute Gasteiger partial charge is 0.207 e. The minimum Gasteiger partial charge on any atom is -0.484 e. The van der Waals surface area contributed by atoms with Gasteiger partial charge in [0.15, 0.2) is 5.75 Å². The molecule has 1 saturated heterocycles. The summed E-state index contributed by atoms with van der Waals surface area (Å²) in [5.41, 5.74) is 1.83. The first-order chi connectivity index (χ1) is 17.2. The average Bonchev–Trinajstić information content (AvgIpc) is 2.89. The van der Waals surface area contributed by atoms with Crippen molar-refractivity contribution in [3.8, 4) is 5.75 Å². The van der Waals surface area contributed by atoms with Crippen LogP contribution in [0.1, 0.15) is 42.7 Å². The molecule has 0 aromatic heterocycles. The Morgan fingerprint density at radius 2 is 1.11 bits per heavy atom. The van der Waals surface area contributed by atoms with Gasteiger partial charge in [-0.05, 0) is 67.6 Å². The molecule has 0 spiro atoms. The summed E-state index contributed by atoms with van der Waals surface area (Å²) in [5.74, 6) is -12.2. The van der Waals surface area contributed by atoms with Gasteiger partial charge in [0.2, 0.25) is 29.1 Å². The minimum absolute atomic E-state index is 0.0544. The minimum atomic E-state index is -2.22. The van der Waals surface area contributed by atoms with E-state index in [1.54, 1.807) is 24.3 Å². The summed E-state index contributed by atoms with van der Waals surface area (Å²) >= 11 is 0. The van der Waals surface area contributed by atoms with Gasteiger partial charge in [-0.15, -0.1) is 0 Å². The molecule has 1 fully saturated rings. The number of hydrogen-bond acceptors (Lipinski definition) is 2. The first-order valence-corrected chi connectivity index (χ1v) is 11.7. The van der Waals surface area contributed by atoms with Gasteiger partial charge in [-0.3, -0.25) is 0 Å². The van der Waals surface area contributed by atoms with Crippen molar-refractivity contribution in [2.24, 2.45) is 0 Å². The van der Waals surface area contributed by atoms with Crippen LogP contribution < -0.4 is 4.74 Å². The van der Waals surface area contributed by atoms with E-state index in [1.807, 2.05) is 0 Å². The molecule has 36 heavy (non-hydrogen) atoms. The van der Waals surface area contributed by atoms with E-state index in [0.29, 0.717) is 32.5 Å². The van der Waals surface area contributed by atoms with Crippen LogP contribution in [0.15, 0.2) is 48.5 Å². The van der Waals surface area contributed by atoms with Gasteiger partial charge >= 0.3 is 0 Å². The maximum atomic E-state index is 13.9. The van der Waals surface area contributed by atoms with Gasteiger partial charge in [-0.2, -0.15) is 8.78 Å². The molecule has 0 amide bonds. The van der Waals surface area contributed by atoms with Crippen LogP contribution in [0.5, 0.6) is 5.75 Å². The van der Waals surface area contributed by atoms with E-state index in [1.165, 1.54) is 24.3 Å². The molecular weight excluding hydrogens is 487 g/mol. The van der Waals surface area contributed by atoms with Gasteiger partial charge in [0.05, 0.1) is 0 Å². The lowest BCUT2D eigenvalue weighted by molar-refractivity contribution is 0.0901. The van der Waals surface area contributed by atoms with Crippen molar-refractivity contribution >= 4 is 0 Å². The van der Waals surface area contributed by atoms with Crippen molar-refractivity contribution in [2.75, 3.05) is 19.6 Å². The Kier molecular flexibility index (Phi) is 8.18. The number of hydrogen-bond donors (Lipinski definition) is 0. The summed E-state index contributed by atoms with van der Waals surface area (Å²) in [6.45, 7) is 1.75. The van der Waals surface area contributed by atoms with Gasteiger partial charge in [-0.25, -0.2) is 22.0 Å². The predicted molar refractivity (Wildman–Crippen MR) is 120 cm³/mol. The van der Waals surface area contributed by atoms with Crippen LogP contribution in [-0.2, 0) is 0 Å². The third kappa shape index (κ3) is 5.83. The molecule has 9 heteroatoms. The zero-order chi connectivity index (χ0) is 25.8. The molecule has 3 aromatic carbocycles. The molecule has 0 N–H and O–H groups in total. The van der Waals surface area contributed by atoms with Crippen molar-refractivity contribution in [2.45, 2.75) is 37.7 Å². The summed E-state index contributed by atoms with van der Waals surface area (Å²) < 4.78 is 99.9. The van der Waals surface area contributed by atoms with Crippen LogP contribution in [-0.4, -0.2) is 30.6 Å². The number of ether oxygens (including phenoxy) is 1. The molecular formula is C27H24F7NO. The van der Waals surface area contributed by atoms with Crippen molar-refractivity contribution in [3.05, 3.63) is 100 Å². The van der Waals surface area contributed by atoms with E-state index in [4.69, 9.17) is 4.74 Å². The quantitative estimate of drug-likeness (QED) is 0.182. The lowest BCUT2D eigenvalue weighted by atomic mass is 9.87. The van der Waals surface area contributed by atoms with Gasteiger partial charge in [-0.1, -0.05) is 24.3 Å². The zero-order valence-electron chi connectivity index (χ0n) is 19.2. The van der Waals surface area contributed by atoms with Crippen LogP contribution in [0, 0.1) is 40.7 Å². The third-order valence-corrected chi connectivity index (χ3v) is 6.50. The standard InChI is InChI=1S/C27H24F7NO/c28-18-7-3-16(4-8-18)21(17-5-9-19(29)10-6-17)2-1-13-35-14-11-20(12-15-35)36-27-25(33)23(31)22(30)24(32)26(27)34/h3-10,20-21H,1-2,11-15H2. The Hall–Kier alpha value is -3.07. The van der Waals surface area contributed by atoms with E-state index in [2.05, 4.69) is 4.90 Å². The van der Waals surface area contributed by atoms with Crippen molar-refractivity contribution in [1.29, 1.82) is 0 Å². The number of nitrogens with zero attached hydrogens (tertiary/aromatic N) is 1. The largest absolute Gasteiger partial charge is 0.484 e. The molecule has 4 rings (SSSR count). The fourth-order valence-corrected chi connectivity index (χ4v) is 4.54. The lowest BCUT2D eigenvalue weighted by Crippen LogP contribution is -2.39. The Bertz CT molecular complexity index is 1100. The normalized spacial score (nSPS) is 15.0. The van der Waals surface area contributed by atoms with E-state index < -0.39 is 40.9 Å². The highest BCUT2D eigenvalue weighted by Gasteiger charge is 2.30. The maximum Gasteiger partial charge on any atom is 0.207 e. The Morgan fingerprint density at radius 1 is 0.667 bits per heavy atom. The van der Waals surface area contributed by atoms with Gasteiger partial charge < -0.3 is 9.64 Å². The second kappa shape index (κ2) is 11.3. The van der Waals surface area contributed by atoms with Crippen LogP contribution in [0.4, 0.5) is 30.7 Å². The van der Waals surface area contributed by atoms with Gasteiger partial charge in [0.25, 0.3) is 0 Å². The summed E-state index contributed by atoms with van der Waals surface area (Å²) in [6.07, 6.45) is 1.53. The first-order valence-electron chi connectivity index (χ1n) is 11.7. The number of benzene rings is 3. The molecule has 2 nitrogen and oxygen atoms in total. The molecule has 0 unspecified atom stereocenters. The molecule has 1 aliphatic rings. The van der Waals surface area contributed by atoms with E-state index in [-0.39, 0.29) is 17.6 Å². The molecule has 1 heterocycles. The number of likely N-dealkylation sites (tertiary alicyclic amines) is 1. The summed E-state index contributed by atoms with van der Waals surface area (Å²) in [4.78, 5) is 2.13. The molecule has 0 atom stereocenters. The summed E-state index contributed by atoms with van der Waals surface area (Å²) in [6, 6.07) is 12.4. The Balaban J connectivity index is 1.33. The van der Waals surface area contributed by atoms with E-state index in [9.17, 15) is 30.7 Å². The van der Waals surface area contributed by atoms with Gasteiger partial charge in [0, 0.05) is 19.0 Å². The summed E-state index contributed by atoms with van der Waals surface area (Å²) in [7, 11) is 0. The highest BCUT2D eigenvalue weighted by Crippen LogP contribution is 2.32. The topological polar surface area (TPSA) is 12.5 Å². The number of rotatable bonds is 8. The maximum absolute atomic E-state index is 13.9. The van der Waals surface area contributed by atoms with Crippen LogP contribution in [0.25, 0.3) is 0 Å². The van der Waals surface area contributed by atoms with E-state index in [0.717, 1.165) is 24.0 Å². The number of halogens is 7. The van der Waals surface area contributed by atoms with Crippen LogP contribution in [0.2, 0.25) is 0 Å². The zero-order valence-corrected chi connectivity index (χ0v) is 19.2. The highest BCUT2D eigenvalue weighted by molar-refractivity contribution is 5.33. The fourth-order valence-electron chi connectivity index (χ4n) is 4.54. The van der Waals surface area contributed by atoms with Crippen molar-refractivity contribution in [1.82, 2.24) is 4.90 Å². The van der Waals surface area contributed by atoms with Crippen molar-refractivity contribution in [3.63, 3.8) is 0 Å². The highest BCUT2D eigenvalue weighted by atomic mass is 19.2. The monoisotopic (exact) mass is 511 g/mol. The lowest BCUT2D eigenvalue weighted by Gasteiger charge is -2.32. The third-order valence-electron chi connectivity index (χ3n) is 6.50. The molecule has 3 aromatic rings. The number of piperidine rings is 1. The first kappa shape index (κ1) is 26.0. The Labute approximate surface area is 204 Å². The van der Waals surface area contributed by atoms with Crippen molar-refractivity contribution < 1.29 is 35.5 Å². The SMILES string of the molecule is Fc1ccc(C(CCCN2CCC(Oc3c(F)c(F)c(F)c(F)c3F)CC2)c2ccc(F)cc2)cc1.